The van der Waals surface area contributed by atoms with E-state index in [1.54, 1.807) is 0 Å². The predicted octanol–water partition coefficient (Wildman–Crippen LogP) is 0.903. The second-order valence-electron chi connectivity index (χ2n) is 2.44. The van der Waals surface area contributed by atoms with Gasteiger partial charge in [-0.05, 0) is 12.3 Å². The molecule has 2 N–H and O–H groups in total. The largest absolute Gasteiger partial charge is 0.316 e. The summed E-state index contributed by atoms with van der Waals surface area (Å²) < 4.78 is 0. The molecule has 0 aliphatic carbocycles. The summed E-state index contributed by atoms with van der Waals surface area (Å²) in [6.07, 6.45) is 0.688. The Kier molecular flexibility index (Phi) is 4.02. The van der Waals surface area contributed by atoms with Crippen LogP contribution in [0.2, 0.25) is 0 Å². The van der Waals surface area contributed by atoms with Gasteiger partial charge in [-0.1, -0.05) is 13.8 Å². The molecule has 0 rings (SSSR count). The van der Waals surface area contributed by atoms with Crippen LogP contribution in [0.15, 0.2) is 0 Å². The molecule has 0 aliphatic heterocycles. The van der Waals surface area contributed by atoms with Crippen LogP contribution in [0.4, 0.5) is 0 Å². The fourth-order valence-corrected chi connectivity index (χ4v) is 0.606. The normalized spacial score (nSPS) is 13.2. The van der Waals surface area contributed by atoms with Crippen LogP contribution in [-0.4, -0.2) is 11.2 Å². The van der Waals surface area contributed by atoms with Crippen LogP contribution in [0, 0.1) is 17.2 Å². The molecule has 0 fully saturated rings. The van der Waals surface area contributed by atoms with Crippen molar-refractivity contribution in [2.24, 2.45) is 5.92 Å². The molecule has 3 heteroatoms. The molecule has 3 nitrogen and oxygen atoms in total. The van der Waals surface area contributed by atoms with E-state index in [4.69, 9.17) is 10.5 Å². The number of nitrogens with zero attached hydrogens (tertiary/aromatic N) is 1. The van der Waals surface area contributed by atoms with Crippen molar-refractivity contribution in [2.45, 2.75) is 26.3 Å². The van der Waals surface area contributed by atoms with Gasteiger partial charge in [-0.15, -0.1) is 0 Å². The smallest absolute Gasteiger partial charge is 0.119 e. The fraction of sp³-hybridized carbons (Fsp3) is 0.833. The molecular formula is C6H12N2O. The van der Waals surface area contributed by atoms with E-state index in [1.165, 1.54) is 0 Å². The molecule has 0 saturated heterocycles. The molecule has 0 spiro atoms. The highest BCUT2D eigenvalue weighted by atomic mass is 16.5. The molecule has 0 heterocycles. The maximum atomic E-state index is 8.30. The van der Waals surface area contributed by atoms with Gasteiger partial charge in [0, 0.05) is 0 Å². The third-order valence-electron chi connectivity index (χ3n) is 1.02. The molecular weight excluding hydrogens is 116 g/mol. The quantitative estimate of drug-likeness (QED) is 0.555. The average molecular weight is 128 g/mol. The lowest BCUT2D eigenvalue weighted by Gasteiger charge is -2.07. The molecule has 0 aromatic heterocycles. The third kappa shape index (κ3) is 3.95. The van der Waals surface area contributed by atoms with Crippen molar-refractivity contribution in [2.75, 3.05) is 0 Å². The van der Waals surface area contributed by atoms with E-state index in [1.807, 2.05) is 25.4 Å². The SMILES string of the molecule is CC(C)C[C@@H](C#N)NO. The van der Waals surface area contributed by atoms with Crippen molar-refractivity contribution in [1.29, 1.82) is 5.26 Å². The van der Waals surface area contributed by atoms with Gasteiger partial charge in [-0.3, -0.25) is 0 Å². The van der Waals surface area contributed by atoms with Gasteiger partial charge in [0.2, 0.25) is 0 Å². The second kappa shape index (κ2) is 4.30. The lowest BCUT2D eigenvalue weighted by atomic mass is 10.1. The zero-order valence-corrected chi connectivity index (χ0v) is 5.76. The Bertz CT molecular complexity index is 106. The molecule has 9 heavy (non-hydrogen) atoms. The predicted molar refractivity (Wildman–Crippen MR) is 33.8 cm³/mol. The van der Waals surface area contributed by atoms with Gasteiger partial charge in [0.1, 0.15) is 6.04 Å². The Morgan fingerprint density at radius 2 is 2.22 bits per heavy atom. The van der Waals surface area contributed by atoms with Crippen molar-refractivity contribution in [3.8, 4) is 6.07 Å². The van der Waals surface area contributed by atoms with Crippen LogP contribution in [0.1, 0.15) is 20.3 Å². The summed E-state index contributed by atoms with van der Waals surface area (Å²) in [5.74, 6) is 0.439. The Hall–Kier alpha value is -0.590. The summed E-state index contributed by atoms with van der Waals surface area (Å²) >= 11 is 0. The standard InChI is InChI=1S/C6H12N2O/c1-5(2)3-6(4-7)8-9/h5-6,8-9H,3H2,1-2H3/t6-/m0/s1. The molecule has 0 aliphatic rings. The van der Waals surface area contributed by atoms with E-state index in [0.717, 1.165) is 0 Å². The van der Waals surface area contributed by atoms with Crippen molar-refractivity contribution < 1.29 is 5.21 Å². The molecule has 0 radical (unpaired) electrons. The van der Waals surface area contributed by atoms with Gasteiger partial charge in [0.25, 0.3) is 0 Å². The number of nitrogens with one attached hydrogen (secondary N) is 1. The minimum Gasteiger partial charge on any atom is -0.316 e. The van der Waals surface area contributed by atoms with Crippen LogP contribution >= 0.6 is 0 Å². The van der Waals surface area contributed by atoms with Gasteiger partial charge in [0.15, 0.2) is 0 Å². The first kappa shape index (κ1) is 8.41. The van der Waals surface area contributed by atoms with Crippen LogP contribution in [0.25, 0.3) is 0 Å². The van der Waals surface area contributed by atoms with E-state index in [2.05, 4.69) is 0 Å². The second-order valence-corrected chi connectivity index (χ2v) is 2.44. The van der Waals surface area contributed by atoms with E-state index < -0.39 is 6.04 Å². The summed E-state index contributed by atoms with van der Waals surface area (Å²) in [6, 6.07) is 1.51. The molecule has 0 saturated carbocycles. The van der Waals surface area contributed by atoms with E-state index in [0.29, 0.717) is 12.3 Å². The van der Waals surface area contributed by atoms with Gasteiger partial charge in [-0.2, -0.15) is 10.7 Å². The number of hydroxylamine groups is 1. The Balaban J connectivity index is 3.47. The maximum absolute atomic E-state index is 8.30. The number of nitriles is 1. The third-order valence-corrected chi connectivity index (χ3v) is 1.02. The highest BCUT2D eigenvalue weighted by Crippen LogP contribution is 2.02. The Morgan fingerprint density at radius 1 is 1.67 bits per heavy atom. The highest BCUT2D eigenvalue weighted by molar-refractivity contribution is 4.87. The molecule has 0 amide bonds. The summed E-state index contributed by atoms with van der Waals surface area (Å²) in [5, 5.41) is 16.6. The average Bonchev–Trinajstić information content (AvgIpc) is 1.82. The first-order chi connectivity index (χ1) is 4.20. The topological polar surface area (TPSA) is 56.0 Å². The first-order valence-corrected chi connectivity index (χ1v) is 3.00. The van der Waals surface area contributed by atoms with Gasteiger partial charge in [0.05, 0.1) is 6.07 Å². The number of hydrogen-bond acceptors (Lipinski definition) is 3. The molecule has 0 bridgehead atoms. The molecule has 0 unspecified atom stereocenters. The highest BCUT2D eigenvalue weighted by Gasteiger charge is 2.06. The lowest BCUT2D eigenvalue weighted by molar-refractivity contribution is 0.137. The van der Waals surface area contributed by atoms with Gasteiger partial charge < -0.3 is 5.21 Å². The monoisotopic (exact) mass is 128 g/mol. The van der Waals surface area contributed by atoms with E-state index in [-0.39, 0.29) is 0 Å². The molecule has 0 aromatic carbocycles. The van der Waals surface area contributed by atoms with E-state index in [9.17, 15) is 0 Å². The van der Waals surface area contributed by atoms with Crippen LogP contribution in [0.5, 0.6) is 0 Å². The molecule has 1 atom stereocenters. The molecule has 0 aromatic rings. The molecule has 52 valence electrons. The van der Waals surface area contributed by atoms with Crippen molar-refractivity contribution in [3.63, 3.8) is 0 Å². The van der Waals surface area contributed by atoms with Gasteiger partial charge >= 0.3 is 0 Å². The maximum Gasteiger partial charge on any atom is 0.119 e. The van der Waals surface area contributed by atoms with Crippen LogP contribution < -0.4 is 5.48 Å². The fourth-order valence-electron chi connectivity index (χ4n) is 0.606. The zero-order chi connectivity index (χ0) is 7.28. The number of rotatable bonds is 3. The Labute approximate surface area is 55.3 Å². The number of hydrogen-bond donors (Lipinski definition) is 2. The van der Waals surface area contributed by atoms with Crippen molar-refractivity contribution in [1.82, 2.24) is 5.48 Å². The van der Waals surface area contributed by atoms with Crippen LogP contribution in [-0.2, 0) is 0 Å². The minimum absolute atomic E-state index is 0.412. The van der Waals surface area contributed by atoms with E-state index >= 15 is 0 Å². The summed E-state index contributed by atoms with van der Waals surface area (Å²) in [6.45, 7) is 4.00. The Morgan fingerprint density at radius 3 is 2.33 bits per heavy atom. The summed E-state index contributed by atoms with van der Waals surface area (Å²) in [7, 11) is 0. The zero-order valence-electron chi connectivity index (χ0n) is 5.76. The first-order valence-electron chi connectivity index (χ1n) is 3.00. The van der Waals surface area contributed by atoms with Crippen LogP contribution in [0.3, 0.4) is 0 Å². The van der Waals surface area contributed by atoms with Gasteiger partial charge in [-0.25, -0.2) is 0 Å². The summed E-state index contributed by atoms with van der Waals surface area (Å²) in [5.41, 5.74) is 1.92. The summed E-state index contributed by atoms with van der Waals surface area (Å²) in [4.78, 5) is 0. The van der Waals surface area contributed by atoms with Crippen molar-refractivity contribution >= 4 is 0 Å². The minimum atomic E-state index is -0.412. The lowest BCUT2D eigenvalue weighted by Crippen LogP contribution is -2.25. The van der Waals surface area contributed by atoms with Crippen molar-refractivity contribution in [3.05, 3.63) is 0 Å².